The SMILES string of the molecule is O=C1/C(=C\c2ccc(Cl)cc2)Cc2ccccc21. The Morgan fingerprint density at radius 3 is 2.44 bits per heavy atom. The van der Waals surface area contributed by atoms with Gasteiger partial charge in [0.25, 0.3) is 0 Å². The Labute approximate surface area is 111 Å². The first-order valence-electron chi connectivity index (χ1n) is 5.83. The number of halogens is 1. The molecule has 2 aromatic carbocycles. The summed E-state index contributed by atoms with van der Waals surface area (Å²) < 4.78 is 0. The highest BCUT2D eigenvalue weighted by molar-refractivity contribution is 6.30. The van der Waals surface area contributed by atoms with E-state index in [1.807, 2.05) is 54.6 Å². The Kier molecular flexibility index (Phi) is 2.77. The number of Topliss-reactive ketones (excluding diaryl/α,β-unsaturated/α-hetero) is 1. The van der Waals surface area contributed by atoms with Gasteiger partial charge in [-0.15, -0.1) is 0 Å². The standard InChI is InChI=1S/C16H11ClO/c17-14-7-5-11(6-8-14)9-13-10-12-3-1-2-4-15(12)16(13)18/h1-9H,10H2/b13-9-. The molecule has 0 spiro atoms. The zero-order chi connectivity index (χ0) is 12.5. The molecule has 0 bridgehead atoms. The second-order valence-electron chi connectivity index (χ2n) is 4.38. The zero-order valence-corrected chi connectivity index (χ0v) is 10.4. The summed E-state index contributed by atoms with van der Waals surface area (Å²) >= 11 is 5.84. The van der Waals surface area contributed by atoms with Crippen molar-refractivity contribution in [1.29, 1.82) is 0 Å². The number of carbonyl (C=O) groups excluding carboxylic acids is 1. The molecule has 0 N–H and O–H groups in total. The molecular weight excluding hydrogens is 244 g/mol. The molecule has 0 saturated carbocycles. The van der Waals surface area contributed by atoms with Crippen LogP contribution in [0.2, 0.25) is 5.02 Å². The fourth-order valence-electron chi connectivity index (χ4n) is 2.23. The van der Waals surface area contributed by atoms with Crippen LogP contribution in [0.25, 0.3) is 6.08 Å². The van der Waals surface area contributed by atoms with Crippen molar-refractivity contribution >= 4 is 23.5 Å². The quantitative estimate of drug-likeness (QED) is 0.699. The summed E-state index contributed by atoms with van der Waals surface area (Å²) in [6.45, 7) is 0. The van der Waals surface area contributed by atoms with E-state index in [2.05, 4.69) is 0 Å². The zero-order valence-electron chi connectivity index (χ0n) is 9.69. The minimum absolute atomic E-state index is 0.139. The van der Waals surface area contributed by atoms with E-state index >= 15 is 0 Å². The molecule has 2 heteroatoms. The second-order valence-corrected chi connectivity index (χ2v) is 4.82. The average Bonchev–Trinajstić information content (AvgIpc) is 2.70. The lowest BCUT2D eigenvalue weighted by molar-refractivity contribution is 0.104. The van der Waals surface area contributed by atoms with Crippen LogP contribution < -0.4 is 0 Å². The van der Waals surface area contributed by atoms with Gasteiger partial charge in [-0.05, 0) is 29.3 Å². The number of allylic oxidation sites excluding steroid dienone is 1. The minimum Gasteiger partial charge on any atom is -0.289 e. The molecule has 0 aliphatic heterocycles. The van der Waals surface area contributed by atoms with Gasteiger partial charge < -0.3 is 0 Å². The molecule has 1 aliphatic rings. The van der Waals surface area contributed by atoms with Crippen molar-refractivity contribution in [3.8, 4) is 0 Å². The van der Waals surface area contributed by atoms with Crippen molar-refractivity contribution in [2.24, 2.45) is 0 Å². The van der Waals surface area contributed by atoms with Gasteiger partial charge in [0.15, 0.2) is 5.78 Å². The lowest BCUT2D eigenvalue weighted by atomic mass is 10.1. The number of fused-ring (bicyclic) bond motifs is 1. The Bertz CT molecular complexity index is 638. The Balaban J connectivity index is 1.97. The molecule has 88 valence electrons. The third-order valence-electron chi connectivity index (χ3n) is 3.15. The van der Waals surface area contributed by atoms with E-state index in [1.165, 1.54) is 0 Å². The molecule has 0 aromatic heterocycles. The molecule has 0 heterocycles. The van der Waals surface area contributed by atoms with Crippen LogP contribution in [0, 0.1) is 0 Å². The second kappa shape index (κ2) is 4.43. The van der Waals surface area contributed by atoms with Gasteiger partial charge in [-0.3, -0.25) is 4.79 Å². The predicted molar refractivity (Wildman–Crippen MR) is 73.9 cm³/mol. The number of ketones is 1. The van der Waals surface area contributed by atoms with Crippen LogP contribution >= 0.6 is 11.6 Å². The van der Waals surface area contributed by atoms with Crippen molar-refractivity contribution < 1.29 is 4.79 Å². The highest BCUT2D eigenvalue weighted by Gasteiger charge is 2.23. The summed E-state index contributed by atoms with van der Waals surface area (Å²) in [5.41, 5.74) is 3.80. The third-order valence-corrected chi connectivity index (χ3v) is 3.40. The number of benzene rings is 2. The molecule has 0 unspecified atom stereocenters. The molecule has 1 nitrogen and oxygen atoms in total. The number of hydrogen-bond acceptors (Lipinski definition) is 1. The maximum absolute atomic E-state index is 12.2. The van der Waals surface area contributed by atoms with Crippen LogP contribution in [0.15, 0.2) is 54.1 Å². The van der Waals surface area contributed by atoms with Crippen molar-refractivity contribution in [3.63, 3.8) is 0 Å². The van der Waals surface area contributed by atoms with E-state index in [4.69, 9.17) is 11.6 Å². The minimum atomic E-state index is 0.139. The van der Waals surface area contributed by atoms with E-state index in [1.54, 1.807) is 0 Å². The van der Waals surface area contributed by atoms with Gasteiger partial charge in [-0.2, -0.15) is 0 Å². The van der Waals surface area contributed by atoms with Gasteiger partial charge >= 0.3 is 0 Å². The maximum Gasteiger partial charge on any atom is 0.189 e. The van der Waals surface area contributed by atoms with Crippen LogP contribution in [-0.4, -0.2) is 5.78 Å². The van der Waals surface area contributed by atoms with Crippen LogP contribution in [0.5, 0.6) is 0 Å². The van der Waals surface area contributed by atoms with Crippen molar-refractivity contribution in [1.82, 2.24) is 0 Å². The smallest absolute Gasteiger partial charge is 0.189 e. The van der Waals surface area contributed by atoms with Crippen molar-refractivity contribution in [3.05, 3.63) is 75.8 Å². The van der Waals surface area contributed by atoms with E-state index in [-0.39, 0.29) is 5.78 Å². The topological polar surface area (TPSA) is 17.1 Å². The molecule has 2 aromatic rings. The van der Waals surface area contributed by atoms with Crippen LogP contribution in [-0.2, 0) is 6.42 Å². The Morgan fingerprint density at radius 1 is 1.00 bits per heavy atom. The van der Waals surface area contributed by atoms with Crippen LogP contribution in [0.4, 0.5) is 0 Å². The fourth-order valence-corrected chi connectivity index (χ4v) is 2.36. The first kappa shape index (κ1) is 11.2. The Hall–Kier alpha value is -1.86. The monoisotopic (exact) mass is 254 g/mol. The first-order valence-corrected chi connectivity index (χ1v) is 6.20. The van der Waals surface area contributed by atoms with Crippen molar-refractivity contribution in [2.45, 2.75) is 6.42 Å². The molecule has 0 fully saturated rings. The third kappa shape index (κ3) is 1.98. The summed E-state index contributed by atoms with van der Waals surface area (Å²) in [7, 11) is 0. The molecule has 18 heavy (non-hydrogen) atoms. The predicted octanol–water partition coefficient (Wildman–Crippen LogP) is 4.16. The molecule has 1 aliphatic carbocycles. The summed E-state index contributed by atoms with van der Waals surface area (Å²) in [5.74, 6) is 0.139. The lowest BCUT2D eigenvalue weighted by Crippen LogP contribution is -1.94. The Morgan fingerprint density at radius 2 is 1.72 bits per heavy atom. The van der Waals surface area contributed by atoms with Gasteiger partial charge in [-0.1, -0.05) is 48.0 Å². The number of carbonyl (C=O) groups is 1. The normalized spacial score (nSPS) is 16.1. The molecule has 0 radical (unpaired) electrons. The molecular formula is C16H11ClO. The van der Waals surface area contributed by atoms with E-state index < -0.39 is 0 Å². The van der Waals surface area contributed by atoms with Gasteiger partial charge in [0, 0.05) is 22.6 Å². The summed E-state index contributed by atoms with van der Waals surface area (Å²) in [6.07, 6.45) is 2.66. The van der Waals surface area contributed by atoms with Gasteiger partial charge in [-0.25, -0.2) is 0 Å². The molecule has 3 rings (SSSR count). The fraction of sp³-hybridized carbons (Fsp3) is 0.0625. The summed E-state index contributed by atoms with van der Waals surface area (Å²) in [6, 6.07) is 15.3. The van der Waals surface area contributed by atoms with Gasteiger partial charge in [0.2, 0.25) is 0 Å². The van der Waals surface area contributed by atoms with E-state index in [0.717, 1.165) is 28.7 Å². The molecule has 0 amide bonds. The van der Waals surface area contributed by atoms with Gasteiger partial charge in [0.05, 0.1) is 0 Å². The number of hydrogen-bond donors (Lipinski definition) is 0. The molecule has 0 atom stereocenters. The number of rotatable bonds is 1. The van der Waals surface area contributed by atoms with Crippen LogP contribution in [0.1, 0.15) is 21.5 Å². The lowest BCUT2D eigenvalue weighted by Gasteiger charge is -1.97. The van der Waals surface area contributed by atoms with Crippen molar-refractivity contribution in [2.75, 3.05) is 0 Å². The van der Waals surface area contributed by atoms with E-state index in [0.29, 0.717) is 5.02 Å². The largest absolute Gasteiger partial charge is 0.289 e. The highest BCUT2D eigenvalue weighted by Crippen LogP contribution is 2.27. The van der Waals surface area contributed by atoms with Crippen LogP contribution in [0.3, 0.4) is 0 Å². The summed E-state index contributed by atoms with van der Waals surface area (Å²) in [4.78, 5) is 12.2. The maximum atomic E-state index is 12.2. The average molecular weight is 255 g/mol. The van der Waals surface area contributed by atoms with Gasteiger partial charge in [0.1, 0.15) is 0 Å². The summed E-state index contributed by atoms with van der Waals surface area (Å²) in [5, 5.41) is 0.707. The first-order chi connectivity index (χ1) is 8.74. The van der Waals surface area contributed by atoms with E-state index in [9.17, 15) is 4.79 Å². The highest BCUT2D eigenvalue weighted by atomic mass is 35.5. The molecule has 0 saturated heterocycles.